The summed E-state index contributed by atoms with van der Waals surface area (Å²) in [5.74, 6) is -1.28. The molecule has 0 fully saturated rings. The smallest absolute Gasteiger partial charge is 0.332 e. The van der Waals surface area contributed by atoms with Gasteiger partial charge in [-0.2, -0.15) is 0 Å². The summed E-state index contributed by atoms with van der Waals surface area (Å²) >= 11 is 0. The highest BCUT2D eigenvalue weighted by Crippen LogP contribution is 2.19. The Labute approximate surface area is 170 Å². The molecule has 154 valence electrons. The summed E-state index contributed by atoms with van der Waals surface area (Å²) in [5, 5.41) is 5.47. The van der Waals surface area contributed by atoms with Gasteiger partial charge >= 0.3 is 5.97 Å². The number of ether oxygens (including phenoxy) is 2. The molecular weight excluding hydrogens is 372 g/mol. The summed E-state index contributed by atoms with van der Waals surface area (Å²) < 4.78 is 10.3. The van der Waals surface area contributed by atoms with E-state index in [2.05, 4.69) is 10.6 Å². The maximum atomic E-state index is 12.3. The van der Waals surface area contributed by atoms with Gasteiger partial charge in [-0.3, -0.25) is 9.59 Å². The molecule has 1 unspecified atom stereocenters. The summed E-state index contributed by atoms with van der Waals surface area (Å²) in [7, 11) is 0. The highest BCUT2D eigenvalue weighted by molar-refractivity contribution is 5.96. The van der Waals surface area contributed by atoms with Gasteiger partial charge in [0.25, 0.3) is 11.8 Å². The molecule has 0 saturated heterocycles. The molecule has 2 aromatic rings. The zero-order valence-electron chi connectivity index (χ0n) is 16.9. The van der Waals surface area contributed by atoms with Crippen molar-refractivity contribution in [3.63, 3.8) is 0 Å². The van der Waals surface area contributed by atoms with Crippen LogP contribution in [0.15, 0.2) is 48.5 Å². The molecule has 0 radical (unpaired) electrons. The van der Waals surface area contributed by atoms with E-state index >= 15 is 0 Å². The van der Waals surface area contributed by atoms with Crippen molar-refractivity contribution in [2.75, 3.05) is 25.1 Å². The summed E-state index contributed by atoms with van der Waals surface area (Å²) in [4.78, 5) is 36.0. The molecule has 7 nitrogen and oxygen atoms in total. The van der Waals surface area contributed by atoms with Crippen molar-refractivity contribution in [1.29, 1.82) is 0 Å². The number of hydrogen-bond acceptors (Lipinski definition) is 5. The molecule has 0 saturated carbocycles. The lowest BCUT2D eigenvalue weighted by molar-refractivity contribution is -0.157. The number of aryl methyl sites for hydroxylation is 2. The summed E-state index contributed by atoms with van der Waals surface area (Å²) in [6, 6.07) is 14.5. The van der Waals surface area contributed by atoms with Gasteiger partial charge in [-0.1, -0.05) is 36.4 Å². The van der Waals surface area contributed by atoms with Crippen molar-refractivity contribution < 1.29 is 23.9 Å². The van der Waals surface area contributed by atoms with Gasteiger partial charge in [-0.05, 0) is 44.0 Å². The topological polar surface area (TPSA) is 93.7 Å². The van der Waals surface area contributed by atoms with Crippen LogP contribution in [-0.2, 0) is 19.1 Å². The van der Waals surface area contributed by atoms with Crippen LogP contribution in [0.3, 0.4) is 0 Å². The fourth-order valence-corrected chi connectivity index (χ4v) is 2.60. The first kappa shape index (κ1) is 22.1. The molecule has 2 aromatic carbocycles. The van der Waals surface area contributed by atoms with Crippen LogP contribution in [0.5, 0.6) is 0 Å². The molecule has 0 bridgehead atoms. The number of hydrogen-bond donors (Lipinski definition) is 2. The number of esters is 1. The first-order chi connectivity index (χ1) is 13.9. The van der Waals surface area contributed by atoms with E-state index in [0.29, 0.717) is 11.3 Å². The normalized spacial score (nSPS) is 11.4. The number of anilines is 1. The van der Waals surface area contributed by atoms with Gasteiger partial charge in [0.05, 0.1) is 6.61 Å². The zero-order chi connectivity index (χ0) is 21.2. The molecule has 0 spiro atoms. The number of carbonyl (C=O) groups excluding carboxylic acids is 3. The van der Waals surface area contributed by atoms with Gasteiger partial charge in [-0.25, -0.2) is 4.79 Å². The van der Waals surface area contributed by atoms with E-state index in [4.69, 9.17) is 9.47 Å². The molecule has 0 aliphatic carbocycles. The minimum Gasteiger partial charge on any atom is -0.451 e. The molecule has 2 amide bonds. The van der Waals surface area contributed by atoms with Crippen LogP contribution in [0, 0.1) is 13.8 Å². The highest BCUT2D eigenvalue weighted by Gasteiger charge is 2.19. The first-order valence-electron chi connectivity index (χ1n) is 9.36. The summed E-state index contributed by atoms with van der Waals surface area (Å²) in [6.45, 7) is 5.39. The minimum atomic E-state index is -0.956. The molecule has 29 heavy (non-hydrogen) atoms. The summed E-state index contributed by atoms with van der Waals surface area (Å²) in [5.41, 5.74) is 3.12. The Hall–Kier alpha value is -3.19. The Balaban J connectivity index is 1.66. The van der Waals surface area contributed by atoms with Gasteiger partial charge in [0.2, 0.25) is 0 Å². The predicted octanol–water partition coefficient (Wildman–Crippen LogP) is 2.62. The number of amides is 2. The second kappa shape index (κ2) is 11.0. The van der Waals surface area contributed by atoms with E-state index in [0.717, 1.165) is 11.1 Å². The van der Waals surface area contributed by atoms with Crippen molar-refractivity contribution in [2.24, 2.45) is 0 Å². The molecular formula is C22H26N2O5. The largest absolute Gasteiger partial charge is 0.451 e. The number of rotatable bonds is 9. The molecule has 1 atom stereocenters. The molecule has 0 aromatic heterocycles. The van der Waals surface area contributed by atoms with Gasteiger partial charge in [0.1, 0.15) is 6.61 Å². The number of para-hydroxylation sites is 1. The van der Waals surface area contributed by atoms with E-state index in [1.807, 2.05) is 38.1 Å². The van der Waals surface area contributed by atoms with Crippen LogP contribution in [0.1, 0.15) is 28.4 Å². The lowest BCUT2D eigenvalue weighted by Gasteiger charge is -2.16. The van der Waals surface area contributed by atoms with Crippen LogP contribution >= 0.6 is 0 Å². The minimum absolute atomic E-state index is 0.149. The van der Waals surface area contributed by atoms with Crippen molar-refractivity contribution in [1.82, 2.24) is 5.32 Å². The fourth-order valence-electron chi connectivity index (χ4n) is 2.60. The first-order valence-corrected chi connectivity index (χ1v) is 9.36. The number of nitrogens with one attached hydrogen (secondary N) is 2. The van der Waals surface area contributed by atoms with Gasteiger partial charge in [-0.15, -0.1) is 0 Å². The third kappa shape index (κ3) is 7.04. The van der Waals surface area contributed by atoms with E-state index in [-0.39, 0.29) is 25.7 Å². The van der Waals surface area contributed by atoms with E-state index in [9.17, 15) is 14.4 Å². The van der Waals surface area contributed by atoms with Crippen LogP contribution in [0.25, 0.3) is 0 Å². The Kier molecular flexibility index (Phi) is 8.36. The van der Waals surface area contributed by atoms with Crippen molar-refractivity contribution >= 4 is 23.5 Å². The molecule has 0 heterocycles. The predicted molar refractivity (Wildman–Crippen MR) is 110 cm³/mol. The molecule has 7 heteroatoms. The van der Waals surface area contributed by atoms with Gasteiger partial charge in [0.15, 0.2) is 6.10 Å². The molecule has 2 rings (SSSR count). The SMILES string of the molecule is Cc1cccc(C)c1NC(=O)C(C)OC(=O)COCCNC(=O)c1ccccc1. The fraction of sp³-hybridized carbons (Fsp3) is 0.318. The van der Waals surface area contributed by atoms with E-state index in [1.165, 1.54) is 6.92 Å². The van der Waals surface area contributed by atoms with E-state index < -0.39 is 18.0 Å². The maximum absolute atomic E-state index is 12.3. The lowest BCUT2D eigenvalue weighted by atomic mass is 10.1. The average Bonchev–Trinajstić information content (AvgIpc) is 2.70. The third-order valence-electron chi connectivity index (χ3n) is 4.19. The van der Waals surface area contributed by atoms with Crippen LogP contribution in [-0.4, -0.2) is 43.6 Å². The second-order valence-corrected chi connectivity index (χ2v) is 6.56. The standard InChI is InChI=1S/C22H26N2O5/c1-15-8-7-9-16(2)20(15)24-21(26)17(3)29-19(25)14-28-13-12-23-22(27)18-10-5-4-6-11-18/h4-11,17H,12-14H2,1-3H3,(H,23,27)(H,24,26). The van der Waals surface area contributed by atoms with Crippen LogP contribution in [0.4, 0.5) is 5.69 Å². The van der Waals surface area contributed by atoms with Gasteiger partial charge in [0, 0.05) is 17.8 Å². The molecule has 0 aliphatic heterocycles. The monoisotopic (exact) mass is 398 g/mol. The Bertz CT molecular complexity index is 831. The Morgan fingerprint density at radius 2 is 1.62 bits per heavy atom. The van der Waals surface area contributed by atoms with Crippen molar-refractivity contribution in [3.05, 3.63) is 65.2 Å². The molecule has 0 aliphatic rings. The Morgan fingerprint density at radius 3 is 2.28 bits per heavy atom. The number of benzene rings is 2. The lowest BCUT2D eigenvalue weighted by Crippen LogP contribution is -2.32. The highest BCUT2D eigenvalue weighted by atomic mass is 16.6. The van der Waals surface area contributed by atoms with E-state index in [1.54, 1.807) is 24.3 Å². The zero-order valence-corrected chi connectivity index (χ0v) is 16.9. The van der Waals surface area contributed by atoms with Crippen molar-refractivity contribution in [2.45, 2.75) is 26.9 Å². The van der Waals surface area contributed by atoms with Crippen LogP contribution < -0.4 is 10.6 Å². The number of carbonyl (C=O) groups is 3. The second-order valence-electron chi connectivity index (χ2n) is 6.56. The maximum Gasteiger partial charge on any atom is 0.332 e. The Morgan fingerprint density at radius 1 is 0.966 bits per heavy atom. The average molecular weight is 398 g/mol. The van der Waals surface area contributed by atoms with Crippen LogP contribution in [0.2, 0.25) is 0 Å². The quantitative estimate of drug-likeness (QED) is 0.500. The van der Waals surface area contributed by atoms with Crippen molar-refractivity contribution in [3.8, 4) is 0 Å². The summed E-state index contributed by atoms with van der Waals surface area (Å²) in [6.07, 6.45) is -0.956. The van der Waals surface area contributed by atoms with Gasteiger partial charge < -0.3 is 20.1 Å². The molecule has 2 N–H and O–H groups in total. The third-order valence-corrected chi connectivity index (χ3v) is 4.19.